The van der Waals surface area contributed by atoms with Gasteiger partial charge in [0, 0.05) is 50.6 Å². The molecular weight excluding hydrogens is 971 g/mol. The smallest absolute Gasteiger partial charge is 0.412 e. The largest absolute Gasteiger partial charge is 0.459 e. The van der Waals surface area contributed by atoms with Gasteiger partial charge in [0.15, 0.2) is 11.5 Å². The van der Waals surface area contributed by atoms with Crippen LogP contribution in [0.1, 0.15) is 225 Å². The Morgan fingerprint density at radius 2 is 1.40 bits per heavy atom. The number of unbranched alkanes of at least 4 members (excludes halogenated alkanes) is 19. The van der Waals surface area contributed by atoms with Crippen molar-refractivity contribution in [1.29, 1.82) is 0 Å². The first-order chi connectivity index (χ1) is 37.5. The van der Waals surface area contributed by atoms with E-state index in [0.717, 1.165) is 93.0 Å². The van der Waals surface area contributed by atoms with Crippen molar-refractivity contribution in [2.45, 2.75) is 238 Å². The molecule has 2 aliphatic heterocycles. The fraction of sp³-hybridized carbons (Fsp3) is 0.703. The van der Waals surface area contributed by atoms with Gasteiger partial charge in [-0.2, -0.15) is 0 Å². The van der Waals surface area contributed by atoms with Crippen LogP contribution in [0.4, 0.5) is 4.79 Å². The second kappa shape index (κ2) is 32.5. The zero-order chi connectivity index (χ0) is 54.9. The van der Waals surface area contributed by atoms with E-state index in [1.807, 2.05) is 56.0 Å². The first kappa shape index (κ1) is 61.6. The Balaban J connectivity index is 1.40. The summed E-state index contributed by atoms with van der Waals surface area (Å²) < 4.78 is 32.5. The van der Waals surface area contributed by atoms with Crippen molar-refractivity contribution >= 4 is 17.7 Å². The van der Waals surface area contributed by atoms with E-state index in [0.29, 0.717) is 48.8 Å². The Morgan fingerprint density at radius 3 is 2.05 bits per heavy atom. The summed E-state index contributed by atoms with van der Waals surface area (Å²) in [5.74, 6) is 0.136. The Labute approximate surface area is 463 Å². The number of benzene rings is 2. The number of carbonyl (C=O) groups is 2. The molecule has 13 heteroatoms. The quantitative estimate of drug-likeness (QED) is 0.0338. The number of nitrogens with zero attached hydrogens (tertiary/aromatic N) is 2. The van der Waals surface area contributed by atoms with E-state index in [1.165, 1.54) is 77.0 Å². The minimum Gasteiger partial charge on any atom is -0.459 e. The molecule has 4 aliphatic rings. The summed E-state index contributed by atoms with van der Waals surface area (Å²) in [5.41, 5.74) is 2.84. The number of nitrogens with one attached hydrogen (secondary N) is 1. The molecule has 0 spiro atoms. The molecule has 2 aromatic rings. The predicted octanol–water partition coefficient (Wildman–Crippen LogP) is 14.8. The molecule has 0 unspecified atom stereocenters. The van der Waals surface area contributed by atoms with Gasteiger partial charge in [-0.1, -0.05) is 159 Å². The van der Waals surface area contributed by atoms with Crippen LogP contribution < -0.4 is 24.3 Å². The summed E-state index contributed by atoms with van der Waals surface area (Å²) in [6.45, 7) is 15.8. The number of aliphatic hydroxyl groups excluding tert-OH is 2. The van der Waals surface area contributed by atoms with Crippen LogP contribution in [0.3, 0.4) is 0 Å². The standard InChI is InChI=1S/C64H99N3O10/c1-7-10-12-14-16-18-20-22-24-28-38-65-62(71)75-50-35-37-55-53(44-50)60-51(32-27-30-40-69)49(31-26-29-39-68)43-52-54(66-77-63(4,5)6)45-58(64(76-55,61(52)60)74-41-9-3)67(46-48-34-36-56-57(42-48)73-47-72-56)59(70)33-25-23-21-19-17-15-13-11-8-2/h9,34-37,42-44,49,51,58,60-61,68-69H,3,7-8,10-33,38-41,45-47H2,1-2,4-6H3,(H,65,71)/t49-,51+,58-,60+,61+,64+/m0/s1. The number of ether oxygens (including phenoxy) is 5. The van der Waals surface area contributed by atoms with E-state index in [2.05, 4.69) is 31.8 Å². The maximum Gasteiger partial charge on any atom is 0.412 e. The lowest BCUT2D eigenvalue weighted by Crippen LogP contribution is -2.70. The molecule has 0 radical (unpaired) electrons. The van der Waals surface area contributed by atoms with Crippen LogP contribution in [-0.4, -0.2) is 83.4 Å². The number of aliphatic hydroxyl groups is 2. The average molecular weight is 1070 g/mol. The summed E-state index contributed by atoms with van der Waals surface area (Å²) in [7, 11) is 0. The number of carbonyl (C=O) groups excluding carboxylic acids is 2. The van der Waals surface area contributed by atoms with Crippen molar-refractivity contribution in [2.24, 2.45) is 22.9 Å². The molecule has 6 rings (SSSR count). The van der Waals surface area contributed by atoms with E-state index < -0.39 is 29.4 Å². The van der Waals surface area contributed by atoms with Crippen LogP contribution in [0.2, 0.25) is 0 Å². The minimum atomic E-state index is -1.44. The maximum absolute atomic E-state index is 15.4. The number of amides is 2. The van der Waals surface area contributed by atoms with Crippen LogP contribution in [0.25, 0.3) is 0 Å². The lowest BCUT2D eigenvalue weighted by Gasteiger charge is -2.60. The summed E-state index contributed by atoms with van der Waals surface area (Å²) in [5, 5.41) is 28.3. The van der Waals surface area contributed by atoms with E-state index in [9.17, 15) is 15.0 Å². The van der Waals surface area contributed by atoms with Crippen molar-refractivity contribution in [3.8, 4) is 23.0 Å². The molecule has 2 heterocycles. The van der Waals surface area contributed by atoms with Crippen LogP contribution in [0.15, 0.2) is 65.9 Å². The van der Waals surface area contributed by atoms with E-state index in [-0.39, 0.29) is 63.2 Å². The van der Waals surface area contributed by atoms with Crippen LogP contribution in [0, 0.1) is 17.8 Å². The highest BCUT2D eigenvalue weighted by Gasteiger charge is 2.65. The van der Waals surface area contributed by atoms with Crippen molar-refractivity contribution < 1.29 is 48.3 Å². The summed E-state index contributed by atoms with van der Waals surface area (Å²) in [6, 6.07) is 10.8. The fourth-order valence-electron chi connectivity index (χ4n) is 12.2. The van der Waals surface area contributed by atoms with Gasteiger partial charge in [-0.05, 0) is 113 Å². The van der Waals surface area contributed by atoms with E-state index >= 15 is 4.79 Å². The Kier molecular flexibility index (Phi) is 26.0. The van der Waals surface area contributed by atoms with Gasteiger partial charge in [-0.15, -0.1) is 6.58 Å². The molecule has 3 N–H and O–H groups in total. The minimum absolute atomic E-state index is 0.00333. The van der Waals surface area contributed by atoms with Crippen molar-refractivity contribution in [1.82, 2.24) is 10.2 Å². The van der Waals surface area contributed by atoms with Crippen LogP contribution >= 0.6 is 0 Å². The van der Waals surface area contributed by atoms with Gasteiger partial charge >= 0.3 is 6.09 Å². The molecule has 0 saturated heterocycles. The van der Waals surface area contributed by atoms with Crippen molar-refractivity contribution in [3.63, 3.8) is 0 Å². The molecule has 0 bridgehead atoms. The molecule has 13 nitrogen and oxygen atoms in total. The maximum atomic E-state index is 15.4. The monoisotopic (exact) mass is 1070 g/mol. The Bertz CT molecular complexity index is 2170. The lowest BCUT2D eigenvalue weighted by molar-refractivity contribution is -0.258. The number of rotatable bonds is 37. The number of fused-ring (bicyclic) bond motifs is 3. The number of allylic oxidation sites excluding steroid dienone is 1. The molecule has 1 fully saturated rings. The first-order valence-corrected chi connectivity index (χ1v) is 30.4. The van der Waals surface area contributed by atoms with E-state index in [4.69, 9.17) is 33.7 Å². The topological polar surface area (TPSA) is 158 Å². The zero-order valence-electron chi connectivity index (χ0n) is 48.1. The highest BCUT2D eigenvalue weighted by Crippen LogP contribution is 2.62. The van der Waals surface area contributed by atoms with Gasteiger partial charge in [0.2, 0.25) is 18.5 Å². The molecule has 1 saturated carbocycles. The SMILES string of the molecule is C=CCO[C@@]12Oc3ccc(OC(=O)NCCCCCCCCCCCC)cc3[C@H]3[C@H](CCCCO)[C@@H](CCCCO)C=C(C(=NOC(C)(C)C)C[C@@H]1N(Cc1ccc4c(c1)OCO4)C(=O)CCCCCCCCCCC)[C@H]32. The van der Waals surface area contributed by atoms with Gasteiger partial charge < -0.3 is 49.0 Å². The average Bonchev–Trinajstić information content (AvgIpc) is 3.91. The Hall–Kier alpha value is -4.59. The second-order valence-corrected chi connectivity index (χ2v) is 23.3. The first-order valence-electron chi connectivity index (χ1n) is 30.4. The number of oxime groups is 1. The van der Waals surface area contributed by atoms with Crippen LogP contribution in [-0.2, 0) is 20.9 Å². The third-order valence-electron chi connectivity index (χ3n) is 16.1. The third kappa shape index (κ3) is 18.2. The van der Waals surface area contributed by atoms with E-state index in [1.54, 1.807) is 12.1 Å². The summed E-state index contributed by atoms with van der Waals surface area (Å²) >= 11 is 0. The highest BCUT2D eigenvalue weighted by atomic mass is 16.7. The highest BCUT2D eigenvalue weighted by molar-refractivity contribution is 6.03. The second-order valence-electron chi connectivity index (χ2n) is 23.3. The molecule has 0 aromatic heterocycles. The van der Waals surface area contributed by atoms with Gasteiger partial charge in [-0.25, -0.2) is 4.79 Å². The van der Waals surface area contributed by atoms with Crippen LogP contribution in [0.5, 0.6) is 23.0 Å². The summed E-state index contributed by atoms with van der Waals surface area (Å²) in [4.78, 5) is 37.3. The Morgan fingerprint density at radius 1 is 0.779 bits per heavy atom. The molecule has 2 amide bonds. The fourth-order valence-corrected chi connectivity index (χ4v) is 12.2. The molecule has 2 aromatic carbocycles. The zero-order valence-corrected chi connectivity index (χ0v) is 48.1. The summed E-state index contributed by atoms with van der Waals surface area (Å²) in [6.07, 6.45) is 31.1. The predicted molar refractivity (Wildman–Crippen MR) is 307 cm³/mol. The normalized spacial score (nSPS) is 21.7. The van der Waals surface area contributed by atoms with Gasteiger partial charge in [0.1, 0.15) is 23.1 Å². The number of hydrogen-bond acceptors (Lipinski definition) is 11. The lowest BCUT2D eigenvalue weighted by atomic mass is 9.55. The van der Waals surface area contributed by atoms with Gasteiger partial charge in [0.05, 0.1) is 18.2 Å². The molecule has 2 aliphatic carbocycles. The van der Waals surface area contributed by atoms with Gasteiger partial charge in [-0.3, -0.25) is 4.79 Å². The van der Waals surface area contributed by atoms with Crippen molar-refractivity contribution in [3.05, 3.63) is 71.8 Å². The molecule has 6 atom stereocenters. The van der Waals surface area contributed by atoms with Gasteiger partial charge in [0.25, 0.3) is 0 Å². The molecular formula is C64H99N3O10. The molecule has 430 valence electrons. The molecule has 77 heavy (non-hydrogen) atoms. The third-order valence-corrected chi connectivity index (χ3v) is 16.1. The van der Waals surface area contributed by atoms with Crippen molar-refractivity contribution in [2.75, 3.05) is 33.2 Å². The number of hydrogen-bond donors (Lipinski definition) is 3.